The summed E-state index contributed by atoms with van der Waals surface area (Å²) in [5.74, 6) is 0. The smallest absolute Gasteiger partial charge is 0.260 e. The third-order valence-corrected chi connectivity index (χ3v) is 4.54. The van der Waals surface area contributed by atoms with Crippen molar-refractivity contribution >= 4 is 10.0 Å². The Bertz CT molecular complexity index is 760. The number of nitriles is 1. The van der Waals surface area contributed by atoms with E-state index in [0.717, 1.165) is 5.56 Å². The molecule has 22 heavy (non-hydrogen) atoms. The van der Waals surface area contributed by atoms with Crippen LogP contribution in [-0.2, 0) is 16.4 Å². The van der Waals surface area contributed by atoms with E-state index in [-0.39, 0.29) is 11.1 Å². The minimum Gasteiger partial charge on any atom is -0.334 e. The third kappa shape index (κ3) is 3.93. The molecule has 2 rings (SSSR count). The van der Waals surface area contributed by atoms with Crippen molar-refractivity contribution in [3.05, 3.63) is 48.4 Å². The number of sulfonamides is 1. The molecule has 7 heteroatoms. The minimum atomic E-state index is -3.81. The van der Waals surface area contributed by atoms with Crippen LogP contribution in [0.15, 0.2) is 47.9 Å². The highest BCUT2D eigenvalue weighted by molar-refractivity contribution is 7.89. The van der Waals surface area contributed by atoms with Crippen LogP contribution in [0.2, 0.25) is 0 Å². The topological polar surface area (TPSA) is 87.8 Å². The molecule has 0 saturated heterocycles. The zero-order chi connectivity index (χ0) is 16.2. The monoisotopic (exact) mass is 318 g/mol. The average Bonchev–Trinajstić information content (AvgIpc) is 2.98. The van der Waals surface area contributed by atoms with Crippen LogP contribution in [0.3, 0.4) is 0 Å². The molecule has 0 aliphatic rings. The Balaban J connectivity index is 2.13. The molecule has 1 aromatic carbocycles. The van der Waals surface area contributed by atoms with E-state index in [1.807, 2.05) is 50.2 Å². The first-order valence-electron chi connectivity index (χ1n) is 6.91. The molecule has 2 aromatic rings. The Morgan fingerprint density at radius 3 is 2.55 bits per heavy atom. The lowest BCUT2D eigenvalue weighted by molar-refractivity contribution is 0.567. The summed E-state index contributed by atoms with van der Waals surface area (Å²) >= 11 is 0. The van der Waals surface area contributed by atoms with Gasteiger partial charge in [-0.15, -0.1) is 0 Å². The van der Waals surface area contributed by atoms with Crippen molar-refractivity contribution < 1.29 is 8.42 Å². The second-order valence-electron chi connectivity index (χ2n) is 5.25. The first-order valence-corrected chi connectivity index (χ1v) is 8.40. The standard InChI is InChI=1S/C15H18N4O2S/c1-12(2)19-10-15(17-11-19)22(20,21)18-14(9-16)8-13-6-4-3-5-7-13/h3-7,10-12,14,18H,8H2,1-2H3/t14-/m1/s1. The summed E-state index contributed by atoms with van der Waals surface area (Å²) in [6.45, 7) is 3.86. The number of rotatable bonds is 6. The first kappa shape index (κ1) is 16.2. The van der Waals surface area contributed by atoms with Crippen molar-refractivity contribution in [1.29, 1.82) is 5.26 Å². The van der Waals surface area contributed by atoms with Crippen LogP contribution in [0.1, 0.15) is 25.5 Å². The van der Waals surface area contributed by atoms with Crippen molar-refractivity contribution in [2.24, 2.45) is 0 Å². The fourth-order valence-electron chi connectivity index (χ4n) is 1.95. The van der Waals surface area contributed by atoms with Gasteiger partial charge in [0.2, 0.25) is 0 Å². The SMILES string of the molecule is CC(C)n1cnc(S(=O)(=O)N[C@@H](C#N)Cc2ccccc2)c1. The average molecular weight is 318 g/mol. The summed E-state index contributed by atoms with van der Waals surface area (Å²) < 4.78 is 28.7. The van der Waals surface area contributed by atoms with E-state index in [9.17, 15) is 13.7 Å². The molecule has 0 spiro atoms. The van der Waals surface area contributed by atoms with Crippen molar-refractivity contribution in [3.8, 4) is 6.07 Å². The molecule has 0 aliphatic carbocycles. The highest BCUT2D eigenvalue weighted by Gasteiger charge is 2.22. The van der Waals surface area contributed by atoms with Crippen LogP contribution in [-0.4, -0.2) is 24.0 Å². The van der Waals surface area contributed by atoms with Gasteiger partial charge in [0.1, 0.15) is 6.04 Å². The first-order chi connectivity index (χ1) is 10.4. The number of hydrogen-bond donors (Lipinski definition) is 1. The van der Waals surface area contributed by atoms with Crippen molar-refractivity contribution in [2.75, 3.05) is 0 Å². The number of benzene rings is 1. The highest BCUT2D eigenvalue weighted by Crippen LogP contribution is 2.11. The van der Waals surface area contributed by atoms with Gasteiger partial charge in [0.25, 0.3) is 10.0 Å². The number of imidazole rings is 1. The Morgan fingerprint density at radius 2 is 2.00 bits per heavy atom. The van der Waals surface area contributed by atoms with Crippen molar-refractivity contribution in [1.82, 2.24) is 14.3 Å². The molecule has 0 amide bonds. The molecular formula is C15H18N4O2S. The maximum atomic E-state index is 12.3. The second-order valence-corrected chi connectivity index (χ2v) is 6.91. The normalized spacial score (nSPS) is 13.0. The summed E-state index contributed by atoms with van der Waals surface area (Å²) in [6.07, 6.45) is 3.24. The lowest BCUT2D eigenvalue weighted by Crippen LogP contribution is -2.35. The molecule has 6 nitrogen and oxygen atoms in total. The number of nitrogens with zero attached hydrogens (tertiary/aromatic N) is 3. The zero-order valence-corrected chi connectivity index (χ0v) is 13.3. The molecule has 1 heterocycles. The van der Waals surface area contributed by atoms with Crippen LogP contribution >= 0.6 is 0 Å². The van der Waals surface area contributed by atoms with Crippen molar-refractivity contribution in [3.63, 3.8) is 0 Å². The van der Waals surface area contributed by atoms with E-state index in [1.54, 1.807) is 4.57 Å². The Morgan fingerprint density at radius 1 is 1.32 bits per heavy atom. The van der Waals surface area contributed by atoms with Gasteiger partial charge in [0, 0.05) is 18.7 Å². The zero-order valence-electron chi connectivity index (χ0n) is 12.5. The van der Waals surface area contributed by atoms with Gasteiger partial charge in [-0.3, -0.25) is 0 Å². The summed E-state index contributed by atoms with van der Waals surface area (Å²) in [6, 6.07) is 10.5. The van der Waals surface area contributed by atoms with Crippen LogP contribution < -0.4 is 4.72 Å². The van der Waals surface area contributed by atoms with E-state index in [2.05, 4.69) is 9.71 Å². The van der Waals surface area contributed by atoms with E-state index in [4.69, 9.17) is 0 Å². The van der Waals surface area contributed by atoms with E-state index < -0.39 is 16.1 Å². The summed E-state index contributed by atoms with van der Waals surface area (Å²) in [5.41, 5.74) is 0.893. The van der Waals surface area contributed by atoms with Gasteiger partial charge in [0.15, 0.2) is 5.03 Å². The molecule has 1 aromatic heterocycles. The van der Waals surface area contributed by atoms with Crippen LogP contribution in [0.4, 0.5) is 0 Å². The quantitative estimate of drug-likeness (QED) is 0.881. The lowest BCUT2D eigenvalue weighted by atomic mass is 10.1. The van der Waals surface area contributed by atoms with Gasteiger partial charge >= 0.3 is 0 Å². The minimum absolute atomic E-state index is 0.0745. The molecule has 0 fully saturated rings. The number of hydrogen-bond acceptors (Lipinski definition) is 4. The van der Waals surface area contributed by atoms with E-state index >= 15 is 0 Å². The van der Waals surface area contributed by atoms with Gasteiger partial charge < -0.3 is 4.57 Å². The van der Waals surface area contributed by atoms with E-state index in [0.29, 0.717) is 6.42 Å². The molecule has 0 radical (unpaired) electrons. The van der Waals surface area contributed by atoms with Crippen LogP contribution in [0.25, 0.3) is 0 Å². The largest absolute Gasteiger partial charge is 0.334 e. The predicted octanol–water partition coefficient (Wildman–Crippen LogP) is 1.88. The molecule has 0 bridgehead atoms. The molecule has 1 N–H and O–H groups in total. The number of aromatic nitrogens is 2. The third-order valence-electron chi connectivity index (χ3n) is 3.19. The Kier molecular flexibility index (Phi) is 4.96. The predicted molar refractivity (Wildman–Crippen MR) is 82.5 cm³/mol. The molecule has 0 unspecified atom stereocenters. The number of nitrogens with one attached hydrogen (secondary N) is 1. The summed E-state index contributed by atoms with van der Waals surface area (Å²) in [7, 11) is -3.81. The Hall–Kier alpha value is -2.17. The maximum absolute atomic E-state index is 12.3. The molecule has 0 saturated carbocycles. The highest BCUT2D eigenvalue weighted by atomic mass is 32.2. The fraction of sp³-hybridized carbons (Fsp3) is 0.333. The van der Waals surface area contributed by atoms with Gasteiger partial charge in [-0.05, 0) is 19.4 Å². The van der Waals surface area contributed by atoms with Gasteiger partial charge in [-0.25, -0.2) is 13.4 Å². The molecule has 1 atom stereocenters. The maximum Gasteiger partial charge on any atom is 0.260 e. The molecular weight excluding hydrogens is 300 g/mol. The second kappa shape index (κ2) is 6.73. The van der Waals surface area contributed by atoms with E-state index in [1.165, 1.54) is 12.5 Å². The van der Waals surface area contributed by atoms with Crippen LogP contribution in [0.5, 0.6) is 0 Å². The van der Waals surface area contributed by atoms with Gasteiger partial charge in [0.05, 0.1) is 12.4 Å². The van der Waals surface area contributed by atoms with Gasteiger partial charge in [-0.1, -0.05) is 30.3 Å². The Labute approximate surface area is 130 Å². The van der Waals surface area contributed by atoms with Crippen LogP contribution in [0, 0.1) is 11.3 Å². The molecule has 116 valence electrons. The molecule has 0 aliphatic heterocycles. The van der Waals surface area contributed by atoms with Gasteiger partial charge in [-0.2, -0.15) is 9.98 Å². The lowest BCUT2D eigenvalue weighted by Gasteiger charge is -2.11. The van der Waals surface area contributed by atoms with Crippen molar-refractivity contribution in [2.45, 2.75) is 37.4 Å². The summed E-state index contributed by atoms with van der Waals surface area (Å²) in [4.78, 5) is 3.91. The summed E-state index contributed by atoms with van der Waals surface area (Å²) in [5, 5.41) is 9.11. The fourth-order valence-corrected chi connectivity index (χ4v) is 3.03.